The van der Waals surface area contributed by atoms with Crippen LogP contribution in [0.1, 0.15) is 83.2 Å². The van der Waals surface area contributed by atoms with Crippen LogP contribution in [0.25, 0.3) is 0 Å². The van der Waals surface area contributed by atoms with Crippen LogP contribution in [0.2, 0.25) is 0 Å². The van der Waals surface area contributed by atoms with E-state index in [0.29, 0.717) is 16.2 Å². The average molecular weight is 576 g/mol. The average Bonchev–Trinajstić information content (AvgIpc) is 3.19. The SMILES string of the molecule is O=C1CCC(N2C(=O)c3c(F)ccc(SCc4ccc(CCNC56CC7CC(CC(C7)C5)C6)cc4)c3C2=O)C(=O)N1. The Bertz CT molecular complexity index is 1410. The molecule has 4 amide bonds. The lowest BCUT2D eigenvalue weighted by atomic mass is 9.53. The second-order valence-corrected chi connectivity index (χ2v) is 13.7. The normalized spacial score (nSPS) is 30.2. The minimum Gasteiger partial charge on any atom is -0.311 e. The molecular weight excluding hydrogens is 541 g/mol. The number of amides is 4. The summed E-state index contributed by atoms with van der Waals surface area (Å²) in [7, 11) is 0. The second kappa shape index (κ2) is 10.3. The number of hydrogen-bond acceptors (Lipinski definition) is 6. The molecule has 9 heteroatoms. The van der Waals surface area contributed by atoms with E-state index in [-0.39, 0.29) is 24.0 Å². The van der Waals surface area contributed by atoms with Crippen LogP contribution in [0.15, 0.2) is 41.3 Å². The van der Waals surface area contributed by atoms with Crippen molar-refractivity contribution in [2.45, 2.75) is 80.0 Å². The van der Waals surface area contributed by atoms with E-state index < -0.39 is 35.5 Å². The molecule has 5 fully saturated rings. The van der Waals surface area contributed by atoms with E-state index in [1.54, 1.807) is 0 Å². The molecule has 2 heterocycles. The molecule has 2 aliphatic heterocycles. The molecule has 1 unspecified atom stereocenters. The van der Waals surface area contributed by atoms with E-state index in [0.717, 1.165) is 41.2 Å². The Kier molecular flexibility index (Phi) is 6.77. The fourth-order valence-corrected chi connectivity index (χ4v) is 9.42. The Balaban J connectivity index is 0.982. The number of benzene rings is 2. The zero-order valence-corrected chi connectivity index (χ0v) is 23.7. The maximum atomic E-state index is 14.7. The van der Waals surface area contributed by atoms with Crippen LogP contribution in [0.4, 0.5) is 4.39 Å². The van der Waals surface area contributed by atoms with Gasteiger partial charge in [0.25, 0.3) is 11.8 Å². The number of carbonyl (C=O) groups excluding carboxylic acids is 4. The molecule has 0 radical (unpaired) electrons. The van der Waals surface area contributed by atoms with Crippen LogP contribution in [0.3, 0.4) is 0 Å². The van der Waals surface area contributed by atoms with Gasteiger partial charge < -0.3 is 5.32 Å². The second-order valence-electron chi connectivity index (χ2n) is 12.7. The van der Waals surface area contributed by atoms with Gasteiger partial charge in [-0.15, -0.1) is 11.8 Å². The predicted molar refractivity (Wildman–Crippen MR) is 152 cm³/mol. The molecule has 214 valence electrons. The predicted octanol–water partition coefficient (Wildman–Crippen LogP) is 4.62. The summed E-state index contributed by atoms with van der Waals surface area (Å²) in [6.45, 7) is 0.988. The van der Waals surface area contributed by atoms with Crippen LogP contribution in [0.5, 0.6) is 0 Å². The number of piperidine rings is 1. The van der Waals surface area contributed by atoms with Gasteiger partial charge in [0.1, 0.15) is 11.9 Å². The third kappa shape index (κ3) is 4.91. The van der Waals surface area contributed by atoms with Crippen molar-refractivity contribution in [2.75, 3.05) is 6.54 Å². The first-order chi connectivity index (χ1) is 19.8. The zero-order valence-electron chi connectivity index (χ0n) is 22.9. The summed E-state index contributed by atoms with van der Waals surface area (Å²) in [5.41, 5.74) is 2.40. The van der Waals surface area contributed by atoms with Crippen LogP contribution in [-0.2, 0) is 21.8 Å². The quantitative estimate of drug-likeness (QED) is 0.352. The largest absolute Gasteiger partial charge is 0.311 e. The Morgan fingerprint density at radius 1 is 0.878 bits per heavy atom. The van der Waals surface area contributed by atoms with Crippen LogP contribution in [0, 0.1) is 23.6 Å². The zero-order chi connectivity index (χ0) is 28.3. The molecular formula is C32H34FN3O4S. The molecule has 2 aromatic carbocycles. The lowest BCUT2D eigenvalue weighted by Gasteiger charge is -2.57. The van der Waals surface area contributed by atoms with Crippen molar-refractivity contribution in [3.63, 3.8) is 0 Å². The molecule has 2 aromatic rings. The highest BCUT2D eigenvalue weighted by molar-refractivity contribution is 7.98. The highest BCUT2D eigenvalue weighted by Gasteiger charge is 2.50. The van der Waals surface area contributed by atoms with Gasteiger partial charge >= 0.3 is 0 Å². The van der Waals surface area contributed by atoms with Gasteiger partial charge in [-0.3, -0.25) is 29.4 Å². The molecule has 0 aromatic heterocycles. The molecule has 41 heavy (non-hydrogen) atoms. The standard InChI is InChI=1S/C32H34FN3O4S/c33-23-5-7-25(28-27(23)30(39)36(31(28)40)24-6-8-26(37)35-29(24)38)41-17-19-3-1-18(2-4-19)9-10-34-32-14-20-11-21(15-32)13-22(12-20)16-32/h1-5,7,20-22,24,34H,6,8-17H2,(H,35,37,38). The summed E-state index contributed by atoms with van der Waals surface area (Å²) in [4.78, 5) is 51.6. The smallest absolute Gasteiger partial charge is 0.265 e. The number of hydrogen-bond donors (Lipinski definition) is 2. The number of nitrogens with zero attached hydrogens (tertiary/aromatic N) is 1. The lowest BCUT2D eigenvalue weighted by Crippen LogP contribution is -2.58. The van der Waals surface area contributed by atoms with Gasteiger partial charge in [0.15, 0.2) is 0 Å². The third-order valence-corrected chi connectivity index (χ3v) is 11.0. The Morgan fingerprint density at radius 2 is 1.51 bits per heavy atom. The maximum absolute atomic E-state index is 14.7. The first-order valence-electron chi connectivity index (χ1n) is 14.8. The van der Waals surface area contributed by atoms with Crippen LogP contribution < -0.4 is 10.6 Å². The van der Waals surface area contributed by atoms with Crippen molar-refractivity contribution < 1.29 is 23.6 Å². The summed E-state index contributed by atoms with van der Waals surface area (Å²) in [5, 5.41) is 6.13. The van der Waals surface area contributed by atoms with Gasteiger partial charge in [-0.25, -0.2) is 4.39 Å². The fourth-order valence-electron chi connectivity index (χ4n) is 8.41. The minimum atomic E-state index is -1.12. The number of halogens is 1. The number of carbonyl (C=O) groups is 4. The van der Waals surface area contributed by atoms with Gasteiger partial charge in [-0.05, 0) is 98.9 Å². The fraction of sp³-hybridized carbons (Fsp3) is 0.500. The molecule has 0 spiro atoms. The summed E-state index contributed by atoms with van der Waals surface area (Å²) in [6.07, 6.45) is 9.42. The summed E-state index contributed by atoms with van der Waals surface area (Å²) < 4.78 is 14.7. The lowest BCUT2D eigenvalue weighted by molar-refractivity contribution is -0.136. The minimum absolute atomic E-state index is 0.00271. The van der Waals surface area contributed by atoms with E-state index in [4.69, 9.17) is 0 Å². The first kappa shape index (κ1) is 26.8. The van der Waals surface area contributed by atoms with Crippen molar-refractivity contribution in [3.8, 4) is 0 Å². The highest BCUT2D eigenvalue weighted by Crippen LogP contribution is 2.55. The van der Waals surface area contributed by atoms with E-state index in [1.165, 1.54) is 68.0 Å². The number of imide groups is 2. The molecule has 6 aliphatic rings. The van der Waals surface area contributed by atoms with Crippen molar-refractivity contribution in [1.29, 1.82) is 0 Å². The molecule has 7 nitrogen and oxygen atoms in total. The molecule has 8 rings (SSSR count). The van der Waals surface area contributed by atoms with Gasteiger partial charge in [0.05, 0.1) is 11.1 Å². The van der Waals surface area contributed by atoms with Gasteiger partial charge in [-0.2, -0.15) is 0 Å². The van der Waals surface area contributed by atoms with Crippen LogP contribution >= 0.6 is 11.8 Å². The Morgan fingerprint density at radius 3 is 2.17 bits per heavy atom. The molecule has 1 atom stereocenters. The van der Waals surface area contributed by atoms with E-state index >= 15 is 0 Å². The van der Waals surface area contributed by atoms with E-state index in [1.807, 2.05) is 0 Å². The molecule has 4 bridgehead atoms. The summed E-state index contributed by atoms with van der Waals surface area (Å²) >= 11 is 1.37. The molecule has 2 N–H and O–H groups in total. The van der Waals surface area contributed by atoms with Gasteiger partial charge in [0, 0.05) is 22.6 Å². The van der Waals surface area contributed by atoms with Crippen molar-refractivity contribution >= 4 is 35.4 Å². The van der Waals surface area contributed by atoms with E-state index in [2.05, 4.69) is 34.9 Å². The number of nitrogens with one attached hydrogen (secondary N) is 2. The molecule has 4 saturated carbocycles. The summed E-state index contributed by atoms with van der Waals surface area (Å²) in [6, 6.07) is 10.0. The molecule has 4 aliphatic carbocycles. The van der Waals surface area contributed by atoms with Gasteiger partial charge in [0.2, 0.25) is 11.8 Å². The van der Waals surface area contributed by atoms with Crippen LogP contribution in [-0.4, -0.2) is 46.7 Å². The van der Waals surface area contributed by atoms with Crippen molar-refractivity contribution in [3.05, 3.63) is 64.5 Å². The Labute approximate surface area is 243 Å². The van der Waals surface area contributed by atoms with Crippen molar-refractivity contribution in [1.82, 2.24) is 15.5 Å². The monoisotopic (exact) mass is 575 g/mol. The maximum Gasteiger partial charge on any atom is 0.265 e. The number of rotatable bonds is 8. The van der Waals surface area contributed by atoms with E-state index in [9.17, 15) is 23.6 Å². The Hall–Kier alpha value is -3.04. The van der Waals surface area contributed by atoms with Crippen molar-refractivity contribution in [2.24, 2.45) is 17.8 Å². The highest BCUT2D eigenvalue weighted by atomic mass is 32.2. The third-order valence-electron chi connectivity index (χ3n) is 9.87. The molecule has 1 saturated heterocycles. The number of thioether (sulfide) groups is 1. The first-order valence-corrected chi connectivity index (χ1v) is 15.8. The number of fused-ring (bicyclic) bond motifs is 1. The topological polar surface area (TPSA) is 95.6 Å². The van der Waals surface area contributed by atoms with Gasteiger partial charge in [-0.1, -0.05) is 24.3 Å². The summed E-state index contributed by atoms with van der Waals surface area (Å²) in [5.74, 6) is -0.124.